The number of ether oxygens (including phenoxy) is 1. The smallest absolute Gasteiger partial charge is 0.311 e. The lowest BCUT2D eigenvalue weighted by molar-refractivity contribution is -0.141. The van der Waals surface area contributed by atoms with Crippen molar-refractivity contribution in [3.8, 4) is 0 Å². The van der Waals surface area contributed by atoms with Gasteiger partial charge in [0.2, 0.25) is 5.91 Å². The summed E-state index contributed by atoms with van der Waals surface area (Å²) in [5.74, 6) is -1.44. The van der Waals surface area contributed by atoms with Crippen LogP contribution in [-0.4, -0.2) is 48.3 Å². The molecule has 0 saturated carbocycles. The monoisotopic (exact) mass is 265 g/mol. The summed E-state index contributed by atoms with van der Waals surface area (Å²) in [6.45, 7) is 0.538. The Labute approximate surface area is 110 Å². The molecule has 0 spiro atoms. The number of hydrogen-bond donors (Lipinski definition) is 2. The van der Waals surface area contributed by atoms with Gasteiger partial charge in [0.25, 0.3) is 0 Å². The number of carboxylic acids is 1. The largest absolute Gasteiger partial charge is 0.481 e. The first-order chi connectivity index (χ1) is 9.00. The zero-order chi connectivity index (χ0) is 14.0. The van der Waals surface area contributed by atoms with Crippen molar-refractivity contribution < 1.29 is 19.4 Å². The molecule has 2 unspecified atom stereocenters. The first-order valence-electron chi connectivity index (χ1n) is 5.80. The van der Waals surface area contributed by atoms with Crippen molar-refractivity contribution in [3.05, 3.63) is 23.9 Å². The van der Waals surface area contributed by atoms with Gasteiger partial charge in [0, 0.05) is 13.2 Å². The van der Waals surface area contributed by atoms with Crippen LogP contribution in [0.1, 0.15) is 10.4 Å². The number of nitrogens with two attached hydrogens (primary N) is 1. The number of nitrogens with zero attached hydrogens (tertiary/aromatic N) is 2. The van der Waals surface area contributed by atoms with Gasteiger partial charge in [-0.3, -0.25) is 9.59 Å². The molecular weight excluding hydrogens is 250 g/mol. The summed E-state index contributed by atoms with van der Waals surface area (Å²) in [5.41, 5.74) is 5.45. The summed E-state index contributed by atoms with van der Waals surface area (Å²) in [6, 6.07) is 2.92. The lowest BCUT2D eigenvalue weighted by Gasteiger charge is -2.27. The Hall–Kier alpha value is -2.15. The molecule has 3 N–H and O–H groups in total. The number of carbonyl (C=O) groups excluding carboxylic acids is 1. The molecule has 2 rings (SSSR count). The van der Waals surface area contributed by atoms with Crippen molar-refractivity contribution in [2.45, 2.75) is 6.04 Å². The van der Waals surface area contributed by atoms with Gasteiger partial charge in [0.15, 0.2) is 0 Å². The minimum absolute atomic E-state index is 0.198. The van der Waals surface area contributed by atoms with E-state index in [1.165, 1.54) is 6.20 Å². The summed E-state index contributed by atoms with van der Waals surface area (Å²) in [7, 11) is 1.75. The third-order valence-corrected chi connectivity index (χ3v) is 3.26. The topological polar surface area (TPSA) is 106 Å². The van der Waals surface area contributed by atoms with Crippen LogP contribution in [0.2, 0.25) is 0 Å². The lowest BCUT2D eigenvalue weighted by atomic mass is 10.0. The Morgan fingerprint density at radius 3 is 2.74 bits per heavy atom. The first kappa shape index (κ1) is 13.3. The number of carboxylic acid groups (broad SMARTS) is 1. The van der Waals surface area contributed by atoms with Crippen LogP contribution in [0.15, 0.2) is 18.3 Å². The van der Waals surface area contributed by atoms with E-state index in [-0.39, 0.29) is 12.6 Å². The van der Waals surface area contributed by atoms with Gasteiger partial charge in [-0.2, -0.15) is 0 Å². The highest BCUT2D eigenvalue weighted by Gasteiger charge is 2.37. The lowest BCUT2D eigenvalue weighted by Crippen LogP contribution is -2.41. The Balaban J connectivity index is 2.17. The molecule has 1 amide bonds. The van der Waals surface area contributed by atoms with E-state index in [0.717, 1.165) is 0 Å². The van der Waals surface area contributed by atoms with Gasteiger partial charge >= 0.3 is 5.97 Å². The highest BCUT2D eigenvalue weighted by atomic mass is 16.5. The molecule has 1 saturated heterocycles. The number of pyridine rings is 1. The van der Waals surface area contributed by atoms with E-state index < -0.39 is 17.8 Å². The van der Waals surface area contributed by atoms with Crippen LogP contribution in [0.25, 0.3) is 0 Å². The maximum absolute atomic E-state index is 11.1. The van der Waals surface area contributed by atoms with E-state index in [1.807, 2.05) is 0 Å². The molecule has 7 heteroatoms. The average molecular weight is 265 g/mol. The highest BCUT2D eigenvalue weighted by Crippen LogP contribution is 2.23. The average Bonchev–Trinajstić information content (AvgIpc) is 2.87. The number of aliphatic carboxylic acids is 1. The standard InChI is InChI=1S/C12H15N3O4/c1-15(9-6-19-5-8(9)12(17)18)10-3-2-7(4-14-10)11(13)16/h2-4,8-9H,5-6H2,1H3,(H2,13,16)(H,17,18). The fraction of sp³-hybridized carbons (Fsp3) is 0.417. The molecule has 1 aromatic rings. The van der Waals surface area contributed by atoms with Crippen LogP contribution < -0.4 is 10.6 Å². The number of hydrogen-bond acceptors (Lipinski definition) is 5. The summed E-state index contributed by atoms with van der Waals surface area (Å²) in [6.07, 6.45) is 1.37. The molecule has 1 aromatic heterocycles. The molecule has 2 atom stereocenters. The van der Waals surface area contributed by atoms with Crippen LogP contribution >= 0.6 is 0 Å². The van der Waals surface area contributed by atoms with Gasteiger partial charge < -0.3 is 20.5 Å². The van der Waals surface area contributed by atoms with Crippen LogP contribution in [0.4, 0.5) is 5.82 Å². The molecule has 19 heavy (non-hydrogen) atoms. The van der Waals surface area contributed by atoms with Gasteiger partial charge in [-0.05, 0) is 12.1 Å². The number of amides is 1. The summed E-state index contributed by atoms with van der Waals surface area (Å²) in [4.78, 5) is 27.9. The number of rotatable bonds is 4. The van der Waals surface area contributed by atoms with Crippen molar-refractivity contribution in [2.24, 2.45) is 11.7 Å². The van der Waals surface area contributed by atoms with Crippen molar-refractivity contribution in [1.29, 1.82) is 0 Å². The number of primary amides is 1. The van der Waals surface area contributed by atoms with Crippen LogP contribution in [-0.2, 0) is 9.53 Å². The van der Waals surface area contributed by atoms with Crippen LogP contribution in [0.3, 0.4) is 0 Å². The van der Waals surface area contributed by atoms with Gasteiger partial charge in [-0.1, -0.05) is 0 Å². The molecule has 102 valence electrons. The molecule has 0 bridgehead atoms. The predicted molar refractivity (Wildman–Crippen MR) is 66.9 cm³/mol. The third kappa shape index (κ3) is 2.65. The van der Waals surface area contributed by atoms with E-state index in [2.05, 4.69) is 4.98 Å². The Morgan fingerprint density at radius 1 is 1.47 bits per heavy atom. The summed E-state index contributed by atoms with van der Waals surface area (Å²) < 4.78 is 5.21. The SMILES string of the molecule is CN(c1ccc(C(N)=O)cn1)C1COCC1C(=O)O. The fourth-order valence-corrected chi connectivity index (χ4v) is 2.07. The first-order valence-corrected chi connectivity index (χ1v) is 5.80. The maximum atomic E-state index is 11.1. The normalized spacial score (nSPS) is 22.2. The Bertz CT molecular complexity index is 488. The predicted octanol–water partition coefficient (Wildman–Crippen LogP) is -0.284. The van der Waals surface area contributed by atoms with Crippen molar-refractivity contribution >= 4 is 17.7 Å². The second-order valence-electron chi connectivity index (χ2n) is 4.43. The van der Waals surface area contributed by atoms with Crippen LogP contribution in [0.5, 0.6) is 0 Å². The Kier molecular flexibility index (Phi) is 3.66. The fourth-order valence-electron chi connectivity index (χ4n) is 2.07. The van der Waals surface area contributed by atoms with Gasteiger partial charge in [0.05, 0.1) is 24.8 Å². The van der Waals surface area contributed by atoms with E-state index in [0.29, 0.717) is 18.0 Å². The van der Waals surface area contributed by atoms with E-state index >= 15 is 0 Å². The van der Waals surface area contributed by atoms with Gasteiger partial charge in [-0.15, -0.1) is 0 Å². The zero-order valence-corrected chi connectivity index (χ0v) is 10.4. The molecule has 1 aliphatic rings. The zero-order valence-electron chi connectivity index (χ0n) is 10.4. The van der Waals surface area contributed by atoms with Crippen molar-refractivity contribution in [3.63, 3.8) is 0 Å². The maximum Gasteiger partial charge on any atom is 0.311 e. The van der Waals surface area contributed by atoms with Crippen molar-refractivity contribution in [2.75, 3.05) is 25.2 Å². The van der Waals surface area contributed by atoms with Gasteiger partial charge in [-0.25, -0.2) is 4.98 Å². The van der Waals surface area contributed by atoms with E-state index in [1.54, 1.807) is 24.1 Å². The van der Waals surface area contributed by atoms with E-state index in [4.69, 9.17) is 15.6 Å². The second-order valence-corrected chi connectivity index (χ2v) is 4.43. The summed E-state index contributed by atoms with van der Waals surface area (Å²) >= 11 is 0. The number of anilines is 1. The third-order valence-electron chi connectivity index (χ3n) is 3.26. The number of aromatic nitrogens is 1. The summed E-state index contributed by atoms with van der Waals surface area (Å²) in [5, 5.41) is 9.11. The molecule has 1 fully saturated rings. The molecule has 0 aliphatic carbocycles. The molecule has 2 heterocycles. The molecular formula is C12H15N3O4. The van der Waals surface area contributed by atoms with Crippen molar-refractivity contribution in [1.82, 2.24) is 4.98 Å². The Morgan fingerprint density at radius 2 is 2.21 bits per heavy atom. The van der Waals surface area contributed by atoms with Crippen LogP contribution in [0, 0.1) is 5.92 Å². The number of carbonyl (C=O) groups is 2. The second kappa shape index (κ2) is 5.23. The molecule has 0 aromatic carbocycles. The minimum atomic E-state index is -0.886. The molecule has 0 radical (unpaired) electrons. The molecule has 1 aliphatic heterocycles. The highest BCUT2D eigenvalue weighted by molar-refractivity contribution is 5.92. The quantitative estimate of drug-likeness (QED) is 0.775. The van der Waals surface area contributed by atoms with E-state index in [9.17, 15) is 9.59 Å². The number of likely N-dealkylation sites (N-methyl/N-ethyl adjacent to an activating group) is 1. The minimum Gasteiger partial charge on any atom is -0.481 e. The van der Waals surface area contributed by atoms with Gasteiger partial charge in [0.1, 0.15) is 11.7 Å². The molecule has 7 nitrogen and oxygen atoms in total.